The van der Waals surface area contributed by atoms with E-state index in [2.05, 4.69) is 31.3 Å². The average molecular weight is 411 g/mol. The molecule has 0 atom stereocenters. The molecule has 5 nitrogen and oxygen atoms in total. The number of hydrogen-bond acceptors (Lipinski definition) is 5. The zero-order valence-corrected chi connectivity index (χ0v) is 17.1. The Morgan fingerprint density at radius 2 is 2.00 bits per heavy atom. The highest BCUT2D eigenvalue weighted by Crippen LogP contribution is 2.35. The van der Waals surface area contributed by atoms with E-state index in [0.717, 1.165) is 11.1 Å². The number of thioether (sulfide) groups is 1. The van der Waals surface area contributed by atoms with Gasteiger partial charge in [0.15, 0.2) is 6.61 Å². The van der Waals surface area contributed by atoms with E-state index in [1.54, 1.807) is 11.0 Å². The molecule has 0 unspecified atom stereocenters. The van der Waals surface area contributed by atoms with Gasteiger partial charge >= 0.3 is 0 Å². The third-order valence-electron chi connectivity index (χ3n) is 4.78. The van der Waals surface area contributed by atoms with Gasteiger partial charge in [0.1, 0.15) is 10.1 Å². The van der Waals surface area contributed by atoms with Gasteiger partial charge in [0, 0.05) is 0 Å². The van der Waals surface area contributed by atoms with Crippen LogP contribution >= 0.6 is 24.0 Å². The van der Waals surface area contributed by atoms with E-state index in [4.69, 9.17) is 17.0 Å². The Labute approximate surface area is 172 Å². The second-order valence-corrected chi connectivity index (χ2v) is 8.49. The molecule has 2 aliphatic rings. The second kappa shape index (κ2) is 7.41. The van der Waals surface area contributed by atoms with E-state index in [1.807, 2.05) is 24.3 Å². The molecule has 2 aromatic carbocycles. The number of anilines is 1. The van der Waals surface area contributed by atoms with Crippen LogP contribution in [0, 0.1) is 13.8 Å². The van der Waals surface area contributed by atoms with Gasteiger partial charge in [0.05, 0.1) is 17.1 Å². The summed E-state index contributed by atoms with van der Waals surface area (Å²) in [6.07, 6.45) is 1.77. The third kappa shape index (κ3) is 3.68. The Balaban J connectivity index is 1.68. The van der Waals surface area contributed by atoms with Crippen molar-refractivity contribution in [1.29, 1.82) is 0 Å². The molecule has 7 heteroatoms. The van der Waals surface area contributed by atoms with Crippen molar-refractivity contribution in [3.05, 3.63) is 63.6 Å². The van der Waals surface area contributed by atoms with Crippen LogP contribution in [-0.4, -0.2) is 22.7 Å². The number of thiocarbonyl (C=S) groups is 1. The van der Waals surface area contributed by atoms with Crippen molar-refractivity contribution in [3.8, 4) is 5.75 Å². The van der Waals surface area contributed by atoms with E-state index < -0.39 is 0 Å². The summed E-state index contributed by atoms with van der Waals surface area (Å²) in [7, 11) is 0. The first-order valence-corrected chi connectivity index (χ1v) is 10.0. The molecular weight excluding hydrogens is 392 g/mol. The normalized spacial score (nSPS) is 17.6. The van der Waals surface area contributed by atoms with Gasteiger partial charge in [0.2, 0.25) is 0 Å². The predicted molar refractivity (Wildman–Crippen MR) is 115 cm³/mol. The smallest absolute Gasteiger partial charge is 0.265 e. The number of benzene rings is 2. The molecule has 2 aliphatic heterocycles. The number of fused-ring (bicyclic) bond motifs is 1. The van der Waals surface area contributed by atoms with Crippen molar-refractivity contribution in [2.75, 3.05) is 11.5 Å². The van der Waals surface area contributed by atoms with Gasteiger partial charge in [0.25, 0.3) is 11.8 Å². The molecule has 0 aliphatic carbocycles. The fraction of sp³-hybridized carbons (Fsp3) is 0.190. The molecule has 0 spiro atoms. The lowest BCUT2D eigenvalue weighted by atomic mass is 10.0. The van der Waals surface area contributed by atoms with E-state index in [1.165, 1.54) is 22.9 Å². The second-order valence-electron chi connectivity index (χ2n) is 6.77. The highest BCUT2D eigenvalue weighted by atomic mass is 32.2. The largest absolute Gasteiger partial charge is 0.482 e. The SMILES string of the molecule is Cc1ccc(CN2C(=O)COc3ccc(/C=C4/SC(=S)NC4=O)cc32)cc1C. The molecule has 1 fully saturated rings. The summed E-state index contributed by atoms with van der Waals surface area (Å²) in [6.45, 7) is 4.62. The molecule has 0 radical (unpaired) electrons. The molecule has 0 aromatic heterocycles. The van der Waals surface area contributed by atoms with Crippen molar-refractivity contribution in [3.63, 3.8) is 0 Å². The van der Waals surface area contributed by atoms with Crippen molar-refractivity contribution < 1.29 is 14.3 Å². The van der Waals surface area contributed by atoms with Crippen LogP contribution in [0.4, 0.5) is 5.69 Å². The Hall–Kier alpha value is -2.64. The first-order chi connectivity index (χ1) is 13.4. The average Bonchev–Trinajstić information content (AvgIpc) is 2.97. The standard InChI is InChI=1S/C21H18N2O3S2/c1-12-3-4-15(7-13(12)2)10-23-16-8-14(5-6-17(16)26-11-19(23)24)9-18-20(25)22-21(27)28-18/h3-9H,10-11H2,1-2H3,(H,22,25,27)/b18-9+. The topological polar surface area (TPSA) is 58.6 Å². The Morgan fingerprint density at radius 1 is 1.18 bits per heavy atom. The number of carbonyl (C=O) groups excluding carboxylic acids is 2. The van der Waals surface area contributed by atoms with Crippen LogP contribution in [-0.2, 0) is 16.1 Å². The van der Waals surface area contributed by atoms with Crippen LogP contribution < -0.4 is 15.0 Å². The van der Waals surface area contributed by atoms with Gasteiger partial charge < -0.3 is 15.0 Å². The van der Waals surface area contributed by atoms with E-state index in [9.17, 15) is 9.59 Å². The maximum Gasteiger partial charge on any atom is 0.265 e. The van der Waals surface area contributed by atoms with Gasteiger partial charge in [-0.05, 0) is 54.3 Å². The van der Waals surface area contributed by atoms with Crippen LogP contribution in [0.15, 0.2) is 41.3 Å². The molecule has 2 heterocycles. The summed E-state index contributed by atoms with van der Waals surface area (Å²) < 4.78 is 6.04. The Bertz CT molecular complexity index is 1050. The summed E-state index contributed by atoms with van der Waals surface area (Å²) >= 11 is 6.26. The summed E-state index contributed by atoms with van der Waals surface area (Å²) in [5, 5.41) is 2.61. The van der Waals surface area contributed by atoms with Gasteiger partial charge in [-0.3, -0.25) is 9.59 Å². The van der Waals surface area contributed by atoms with Crippen LogP contribution in [0.2, 0.25) is 0 Å². The molecule has 1 saturated heterocycles. The molecule has 2 amide bonds. The highest BCUT2D eigenvalue weighted by molar-refractivity contribution is 8.26. The number of rotatable bonds is 3. The minimum Gasteiger partial charge on any atom is -0.482 e. The lowest BCUT2D eigenvalue weighted by Crippen LogP contribution is -2.38. The van der Waals surface area contributed by atoms with Crippen LogP contribution in [0.5, 0.6) is 5.75 Å². The number of hydrogen-bond donors (Lipinski definition) is 1. The molecule has 0 saturated carbocycles. The number of aryl methyl sites for hydroxylation is 2. The first-order valence-electron chi connectivity index (χ1n) is 8.79. The fourth-order valence-corrected chi connectivity index (χ4v) is 4.18. The summed E-state index contributed by atoms with van der Waals surface area (Å²) in [5.41, 5.74) is 4.98. The predicted octanol–water partition coefficient (Wildman–Crippen LogP) is 3.72. The number of carbonyl (C=O) groups is 2. The number of ether oxygens (including phenoxy) is 1. The van der Waals surface area contributed by atoms with Crippen molar-refractivity contribution in [1.82, 2.24) is 5.32 Å². The lowest BCUT2D eigenvalue weighted by molar-refractivity contribution is -0.121. The molecule has 1 N–H and O–H groups in total. The zero-order valence-electron chi connectivity index (χ0n) is 15.4. The monoisotopic (exact) mass is 410 g/mol. The number of nitrogens with zero attached hydrogens (tertiary/aromatic N) is 1. The molecule has 0 bridgehead atoms. The van der Waals surface area contributed by atoms with E-state index >= 15 is 0 Å². The minimum absolute atomic E-state index is 0.0187. The van der Waals surface area contributed by atoms with E-state index in [-0.39, 0.29) is 18.4 Å². The summed E-state index contributed by atoms with van der Waals surface area (Å²) in [5.74, 6) is 0.362. The van der Waals surface area contributed by atoms with E-state index in [0.29, 0.717) is 27.2 Å². The quantitative estimate of drug-likeness (QED) is 0.617. The fourth-order valence-electron chi connectivity index (χ4n) is 3.14. The van der Waals surface area contributed by atoms with Crippen molar-refractivity contribution in [2.45, 2.75) is 20.4 Å². The molecule has 2 aromatic rings. The number of amides is 2. The lowest BCUT2D eigenvalue weighted by Gasteiger charge is -2.30. The first kappa shape index (κ1) is 18.7. The minimum atomic E-state index is -0.202. The van der Waals surface area contributed by atoms with Gasteiger partial charge in [-0.1, -0.05) is 48.2 Å². The highest BCUT2D eigenvalue weighted by Gasteiger charge is 2.27. The van der Waals surface area contributed by atoms with Crippen molar-refractivity contribution in [2.24, 2.45) is 0 Å². The van der Waals surface area contributed by atoms with Crippen LogP contribution in [0.25, 0.3) is 6.08 Å². The maximum atomic E-state index is 12.6. The van der Waals surface area contributed by atoms with Gasteiger partial charge in [-0.15, -0.1) is 0 Å². The Morgan fingerprint density at radius 3 is 2.71 bits per heavy atom. The zero-order chi connectivity index (χ0) is 19.8. The molecule has 28 heavy (non-hydrogen) atoms. The summed E-state index contributed by atoms with van der Waals surface area (Å²) in [6, 6.07) is 11.8. The molecule has 4 rings (SSSR count). The maximum absolute atomic E-state index is 12.6. The molecule has 142 valence electrons. The van der Waals surface area contributed by atoms with Crippen LogP contribution in [0.1, 0.15) is 22.3 Å². The van der Waals surface area contributed by atoms with Crippen molar-refractivity contribution >= 4 is 51.9 Å². The van der Waals surface area contributed by atoms with Gasteiger partial charge in [-0.25, -0.2) is 0 Å². The Kier molecular flexibility index (Phi) is 4.95. The third-order valence-corrected chi connectivity index (χ3v) is 5.94. The number of nitrogens with one attached hydrogen (secondary N) is 1. The summed E-state index contributed by atoms with van der Waals surface area (Å²) in [4.78, 5) is 26.8. The van der Waals surface area contributed by atoms with Gasteiger partial charge in [-0.2, -0.15) is 0 Å². The van der Waals surface area contributed by atoms with Crippen LogP contribution in [0.3, 0.4) is 0 Å². The molecular formula is C21H18N2O3S2.